The Balaban J connectivity index is 2.01. The van der Waals surface area contributed by atoms with Crippen molar-refractivity contribution in [2.45, 2.75) is 18.9 Å². The van der Waals surface area contributed by atoms with E-state index in [1.807, 2.05) is 0 Å². The minimum absolute atomic E-state index is 0.105. The minimum Gasteiger partial charge on any atom is -0.466 e. The van der Waals surface area contributed by atoms with Crippen LogP contribution >= 0.6 is 0 Å². The molecular weight excluding hydrogens is 198 g/mol. The van der Waals surface area contributed by atoms with E-state index >= 15 is 0 Å². The maximum atomic E-state index is 11.3. The molecule has 1 N–H and O–H groups in total. The summed E-state index contributed by atoms with van der Waals surface area (Å²) in [7, 11) is 1.63. The number of nitrogens with one attached hydrogen (secondary N) is 1. The van der Waals surface area contributed by atoms with Gasteiger partial charge in [0.1, 0.15) is 0 Å². The van der Waals surface area contributed by atoms with Crippen LogP contribution < -0.4 is 5.32 Å². The Morgan fingerprint density at radius 1 is 1.53 bits per heavy atom. The average molecular weight is 217 g/mol. The Bertz CT molecular complexity index is 180. The third kappa shape index (κ3) is 5.71. The summed E-state index contributed by atoms with van der Waals surface area (Å²) in [6.07, 6.45) is 1.13. The van der Waals surface area contributed by atoms with E-state index in [1.54, 1.807) is 7.11 Å². The van der Waals surface area contributed by atoms with Crippen molar-refractivity contribution in [1.29, 1.82) is 0 Å². The molecule has 1 aliphatic rings. The number of carbonyl (C=O) groups is 1. The molecule has 0 bridgehead atoms. The van der Waals surface area contributed by atoms with E-state index in [9.17, 15) is 4.79 Å². The van der Waals surface area contributed by atoms with Gasteiger partial charge in [0.25, 0.3) is 0 Å². The molecule has 0 aromatic heterocycles. The second-order valence-corrected chi connectivity index (χ2v) is 3.50. The predicted molar refractivity (Wildman–Crippen MR) is 54.7 cm³/mol. The maximum absolute atomic E-state index is 11.3. The zero-order valence-electron chi connectivity index (χ0n) is 9.16. The van der Waals surface area contributed by atoms with Gasteiger partial charge in [-0.25, -0.2) is 0 Å². The molecule has 1 atom stereocenters. The predicted octanol–water partition coefficient (Wildman–Crippen LogP) is -0.0554. The van der Waals surface area contributed by atoms with Crippen LogP contribution in [-0.2, 0) is 19.0 Å². The number of hydrogen-bond acceptors (Lipinski definition) is 5. The van der Waals surface area contributed by atoms with E-state index < -0.39 is 0 Å². The molecule has 1 heterocycles. The molecule has 0 saturated carbocycles. The van der Waals surface area contributed by atoms with Gasteiger partial charge in [0.15, 0.2) is 0 Å². The van der Waals surface area contributed by atoms with E-state index in [4.69, 9.17) is 14.2 Å². The third-order valence-electron chi connectivity index (χ3n) is 2.17. The standard InChI is InChI=1S/C10H19NO4/c1-13-4-2-5-15-10(12)7-9-8-14-6-3-11-9/h9,11H,2-8H2,1H3. The highest BCUT2D eigenvalue weighted by Gasteiger charge is 2.17. The van der Waals surface area contributed by atoms with Gasteiger partial charge < -0.3 is 19.5 Å². The molecule has 0 aliphatic carbocycles. The summed E-state index contributed by atoms with van der Waals surface area (Å²) in [6.45, 7) is 3.17. The molecule has 5 heteroatoms. The summed E-state index contributed by atoms with van der Waals surface area (Å²) in [5.74, 6) is -0.172. The number of methoxy groups -OCH3 is 1. The number of esters is 1. The molecule has 0 spiro atoms. The van der Waals surface area contributed by atoms with Crippen molar-refractivity contribution >= 4 is 5.97 Å². The van der Waals surface area contributed by atoms with Gasteiger partial charge >= 0.3 is 5.97 Å². The van der Waals surface area contributed by atoms with E-state index in [0.29, 0.717) is 26.2 Å². The lowest BCUT2D eigenvalue weighted by Crippen LogP contribution is -2.42. The molecular formula is C10H19NO4. The zero-order chi connectivity index (χ0) is 10.9. The fourth-order valence-electron chi connectivity index (χ4n) is 1.40. The van der Waals surface area contributed by atoms with Gasteiger partial charge in [-0.15, -0.1) is 0 Å². The molecule has 0 amide bonds. The van der Waals surface area contributed by atoms with Crippen LogP contribution in [0.5, 0.6) is 0 Å². The van der Waals surface area contributed by atoms with Crippen molar-refractivity contribution in [2.24, 2.45) is 0 Å². The van der Waals surface area contributed by atoms with Crippen LogP contribution in [0.4, 0.5) is 0 Å². The Labute approximate surface area is 90.1 Å². The molecule has 0 aromatic carbocycles. The van der Waals surface area contributed by atoms with Crippen molar-refractivity contribution in [3.8, 4) is 0 Å². The highest BCUT2D eigenvalue weighted by Crippen LogP contribution is 2.00. The van der Waals surface area contributed by atoms with Gasteiger partial charge in [0, 0.05) is 32.7 Å². The van der Waals surface area contributed by atoms with Gasteiger partial charge in [0.2, 0.25) is 0 Å². The lowest BCUT2D eigenvalue weighted by atomic mass is 10.2. The summed E-state index contributed by atoms with van der Waals surface area (Å²) in [5, 5.41) is 3.20. The van der Waals surface area contributed by atoms with E-state index in [1.165, 1.54) is 0 Å². The maximum Gasteiger partial charge on any atom is 0.307 e. The van der Waals surface area contributed by atoms with Crippen LogP contribution in [0.1, 0.15) is 12.8 Å². The fourth-order valence-corrected chi connectivity index (χ4v) is 1.40. The summed E-state index contributed by atoms with van der Waals surface area (Å²) in [4.78, 5) is 11.3. The van der Waals surface area contributed by atoms with Crippen LogP contribution in [0.3, 0.4) is 0 Å². The molecule has 1 saturated heterocycles. The summed E-state index contributed by atoms with van der Waals surface area (Å²) >= 11 is 0. The Hall–Kier alpha value is -0.650. The van der Waals surface area contributed by atoms with Gasteiger partial charge in [-0.1, -0.05) is 0 Å². The van der Waals surface area contributed by atoms with Crippen molar-refractivity contribution in [3.63, 3.8) is 0 Å². The van der Waals surface area contributed by atoms with Gasteiger partial charge in [-0.3, -0.25) is 4.79 Å². The first-order valence-corrected chi connectivity index (χ1v) is 5.28. The lowest BCUT2D eigenvalue weighted by molar-refractivity contribution is -0.145. The summed E-state index contributed by atoms with van der Waals surface area (Å²) in [5.41, 5.74) is 0. The average Bonchev–Trinajstić information content (AvgIpc) is 2.26. The highest BCUT2D eigenvalue weighted by molar-refractivity contribution is 5.70. The number of ether oxygens (including phenoxy) is 3. The molecule has 0 aromatic rings. The van der Waals surface area contributed by atoms with Crippen LogP contribution in [0, 0.1) is 0 Å². The van der Waals surface area contributed by atoms with Gasteiger partial charge in [-0.05, 0) is 0 Å². The van der Waals surface area contributed by atoms with Crippen molar-refractivity contribution in [2.75, 3.05) is 40.1 Å². The monoisotopic (exact) mass is 217 g/mol. The molecule has 1 fully saturated rings. The first-order chi connectivity index (χ1) is 7.33. The molecule has 0 radical (unpaired) electrons. The minimum atomic E-state index is -0.172. The molecule has 1 rings (SSSR count). The topological polar surface area (TPSA) is 56.8 Å². The van der Waals surface area contributed by atoms with Crippen molar-refractivity contribution < 1.29 is 19.0 Å². The van der Waals surface area contributed by atoms with Crippen LogP contribution in [-0.4, -0.2) is 52.1 Å². The normalized spacial score (nSPS) is 21.3. The summed E-state index contributed by atoms with van der Waals surface area (Å²) in [6, 6.07) is 0.105. The van der Waals surface area contributed by atoms with Crippen LogP contribution in [0.15, 0.2) is 0 Å². The van der Waals surface area contributed by atoms with Gasteiger partial charge in [0.05, 0.1) is 26.2 Å². The Morgan fingerprint density at radius 3 is 3.07 bits per heavy atom. The van der Waals surface area contributed by atoms with E-state index in [-0.39, 0.29) is 12.0 Å². The summed E-state index contributed by atoms with van der Waals surface area (Å²) < 4.78 is 15.1. The van der Waals surface area contributed by atoms with E-state index in [0.717, 1.165) is 19.6 Å². The van der Waals surface area contributed by atoms with Crippen molar-refractivity contribution in [1.82, 2.24) is 5.32 Å². The SMILES string of the molecule is COCCCOC(=O)CC1COCCN1. The second kappa shape index (κ2) is 7.62. The zero-order valence-corrected chi connectivity index (χ0v) is 9.16. The van der Waals surface area contributed by atoms with Crippen LogP contribution in [0.25, 0.3) is 0 Å². The second-order valence-electron chi connectivity index (χ2n) is 3.50. The molecule has 88 valence electrons. The number of morpholine rings is 1. The van der Waals surface area contributed by atoms with Crippen LogP contribution in [0.2, 0.25) is 0 Å². The fraction of sp³-hybridized carbons (Fsp3) is 0.900. The largest absolute Gasteiger partial charge is 0.466 e. The lowest BCUT2D eigenvalue weighted by Gasteiger charge is -2.22. The third-order valence-corrected chi connectivity index (χ3v) is 2.17. The first-order valence-electron chi connectivity index (χ1n) is 5.28. The highest BCUT2D eigenvalue weighted by atomic mass is 16.5. The van der Waals surface area contributed by atoms with Crippen molar-refractivity contribution in [3.05, 3.63) is 0 Å². The molecule has 15 heavy (non-hydrogen) atoms. The molecule has 1 unspecified atom stereocenters. The Morgan fingerprint density at radius 2 is 2.40 bits per heavy atom. The smallest absolute Gasteiger partial charge is 0.307 e. The number of rotatable bonds is 6. The Kier molecular flexibility index (Phi) is 6.31. The molecule has 1 aliphatic heterocycles. The quantitative estimate of drug-likeness (QED) is 0.499. The van der Waals surface area contributed by atoms with Gasteiger partial charge in [-0.2, -0.15) is 0 Å². The molecule has 5 nitrogen and oxygen atoms in total. The first kappa shape index (κ1) is 12.4. The van der Waals surface area contributed by atoms with E-state index in [2.05, 4.69) is 5.32 Å². The number of hydrogen-bond donors (Lipinski definition) is 1. The number of carbonyl (C=O) groups excluding carboxylic acids is 1.